The Labute approximate surface area is 145 Å². The van der Waals surface area contributed by atoms with Crippen molar-refractivity contribution in [1.29, 1.82) is 0 Å². The normalized spacial score (nSPS) is 16.8. The highest BCUT2D eigenvalue weighted by Crippen LogP contribution is 2.10. The van der Waals surface area contributed by atoms with Gasteiger partial charge in [0.25, 0.3) is 0 Å². The summed E-state index contributed by atoms with van der Waals surface area (Å²) in [5.74, 6) is 0.315. The first-order valence-corrected chi connectivity index (χ1v) is 7.44. The topological polar surface area (TPSA) is 44.4 Å². The Kier molecular flexibility index (Phi) is 10.4. The molecule has 1 heterocycles. The van der Waals surface area contributed by atoms with Crippen molar-refractivity contribution in [2.45, 2.75) is 26.4 Å². The Morgan fingerprint density at radius 3 is 2.73 bits per heavy atom. The Morgan fingerprint density at radius 1 is 1.36 bits per heavy atom. The molecular weight excluding hydrogens is 321 g/mol. The smallest absolute Gasteiger partial charge is 0.224 e. The second-order valence-corrected chi connectivity index (χ2v) is 5.56. The average Bonchev–Trinajstić information content (AvgIpc) is 2.99. The molecule has 0 saturated carbocycles. The van der Waals surface area contributed by atoms with Crippen molar-refractivity contribution < 1.29 is 4.79 Å². The quantitative estimate of drug-likeness (QED) is 0.829. The van der Waals surface area contributed by atoms with Crippen LogP contribution in [-0.4, -0.2) is 37.5 Å². The highest BCUT2D eigenvalue weighted by atomic mass is 35.5. The molecule has 0 bridgehead atoms. The summed E-state index contributed by atoms with van der Waals surface area (Å²) in [6.45, 7) is 6.53. The van der Waals surface area contributed by atoms with Crippen LogP contribution >= 0.6 is 24.8 Å². The largest absolute Gasteiger partial charge is 0.352 e. The molecule has 1 fully saturated rings. The molecule has 1 unspecified atom stereocenters. The van der Waals surface area contributed by atoms with E-state index >= 15 is 0 Å². The lowest BCUT2D eigenvalue weighted by Gasteiger charge is -2.15. The van der Waals surface area contributed by atoms with E-state index in [4.69, 9.17) is 0 Å². The van der Waals surface area contributed by atoms with E-state index in [9.17, 15) is 4.79 Å². The fourth-order valence-electron chi connectivity index (χ4n) is 2.47. The Morgan fingerprint density at radius 2 is 2.09 bits per heavy atom. The first kappa shape index (κ1) is 21.2. The second kappa shape index (κ2) is 10.8. The van der Waals surface area contributed by atoms with Gasteiger partial charge in [0.2, 0.25) is 5.91 Å². The number of hydrogen-bond acceptors (Lipinski definition) is 3. The predicted octanol–water partition coefficient (Wildman–Crippen LogP) is 2.21. The van der Waals surface area contributed by atoms with Crippen LogP contribution in [0.1, 0.15) is 24.5 Å². The van der Waals surface area contributed by atoms with E-state index in [1.54, 1.807) is 0 Å². The molecule has 1 amide bonds. The van der Waals surface area contributed by atoms with E-state index in [0.29, 0.717) is 6.54 Å². The van der Waals surface area contributed by atoms with E-state index in [1.165, 1.54) is 11.1 Å². The zero-order chi connectivity index (χ0) is 14.4. The molecule has 22 heavy (non-hydrogen) atoms. The minimum atomic E-state index is 0. The van der Waals surface area contributed by atoms with E-state index in [2.05, 4.69) is 53.8 Å². The SMILES string of the molecule is CCN(C)Cc1cccc(CNC(=O)C2CCNC2)c1.Cl.Cl. The van der Waals surface area contributed by atoms with Gasteiger partial charge in [-0.2, -0.15) is 0 Å². The number of amides is 1. The van der Waals surface area contributed by atoms with Crippen LogP contribution in [0.25, 0.3) is 0 Å². The summed E-state index contributed by atoms with van der Waals surface area (Å²) in [6.07, 6.45) is 0.952. The molecular formula is C16H27Cl2N3O. The molecule has 0 spiro atoms. The van der Waals surface area contributed by atoms with Crippen LogP contribution in [-0.2, 0) is 17.9 Å². The molecule has 1 aliphatic rings. The zero-order valence-electron chi connectivity index (χ0n) is 13.3. The Hall–Kier alpha value is -0.810. The maximum Gasteiger partial charge on any atom is 0.224 e. The number of nitrogens with one attached hydrogen (secondary N) is 2. The van der Waals surface area contributed by atoms with Crippen LogP contribution in [0.4, 0.5) is 0 Å². The highest BCUT2D eigenvalue weighted by molar-refractivity contribution is 5.85. The van der Waals surface area contributed by atoms with E-state index in [1.807, 2.05) is 0 Å². The van der Waals surface area contributed by atoms with E-state index in [0.717, 1.165) is 32.6 Å². The first-order valence-electron chi connectivity index (χ1n) is 7.44. The fraction of sp³-hybridized carbons (Fsp3) is 0.562. The maximum absolute atomic E-state index is 12.0. The van der Waals surface area contributed by atoms with Gasteiger partial charge in [0.15, 0.2) is 0 Å². The molecule has 2 rings (SSSR count). The molecule has 1 atom stereocenters. The number of halogens is 2. The minimum absolute atomic E-state index is 0. The predicted molar refractivity (Wildman–Crippen MR) is 95.8 cm³/mol. The molecule has 1 aliphatic heterocycles. The molecule has 6 heteroatoms. The summed E-state index contributed by atoms with van der Waals surface area (Å²) in [5, 5.41) is 6.27. The van der Waals surface area contributed by atoms with Gasteiger partial charge in [-0.1, -0.05) is 31.2 Å². The maximum atomic E-state index is 12.0. The number of nitrogens with zero attached hydrogens (tertiary/aromatic N) is 1. The van der Waals surface area contributed by atoms with Gasteiger partial charge in [-0.25, -0.2) is 0 Å². The molecule has 1 aromatic rings. The number of benzene rings is 1. The molecule has 1 saturated heterocycles. The van der Waals surface area contributed by atoms with Gasteiger partial charge in [0.05, 0.1) is 5.92 Å². The molecule has 0 radical (unpaired) electrons. The van der Waals surface area contributed by atoms with Crippen molar-refractivity contribution in [2.75, 3.05) is 26.7 Å². The van der Waals surface area contributed by atoms with Gasteiger partial charge in [-0.15, -0.1) is 24.8 Å². The summed E-state index contributed by atoms with van der Waals surface area (Å²) >= 11 is 0. The Balaban J connectivity index is 0.00000220. The monoisotopic (exact) mass is 347 g/mol. The van der Waals surface area contributed by atoms with Crippen LogP contribution in [0.5, 0.6) is 0 Å². The van der Waals surface area contributed by atoms with E-state index in [-0.39, 0.29) is 36.6 Å². The molecule has 1 aromatic carbocycles. The van der Waals surface area contributed by atoms with Gasteiger partial charge in [0.1, 0.15) is 0 Å². The van der Waals surface area contributed by atoms with Crippen molar-refractivity contribution in [3.8, 4) is 0 Å². The summed E-state index contributed by atoms with van der Waals surface area (Å²) in [7, 11) is 2.11. The fourth-order valence-corrected chi connectivity index (χ4v) is 2.47. The van der Waals surface area contributed by atoms with E-state index < -0.39 is 0 Å². The number of hydrogen-bond donors (Lipinski definition) is 2. The summed E-state index contributed by atoms with van der Waals surface area (Å²) in [6, 6.07) is 8.46. The molecule has 2 N–H and O–H groups in total. The minimum Gasteiger partial charge on any atom is -0.352 e. The third-order valence-electron chi connectivity index (χ3n) is 3.88. The summed E-state index contributed by atoms with van der Waals surface area (Å²) in [5.41, 5.74) is 2.47. The van der Waals surface area contributed by atoms with Crippen LogP contribution in [0.15, 0.2) is 24.3 Å². The third kappa shape index (κ3) is 6.53. The van der Waals surface area contributed by atoms with Crippen LogP contribution in [0, 0.1) is 5.92 Å². The van der Waals surface area contributed by atoms with Gasteiger partial charge < -0.3 is 15.5 Å². The van der Waals surface area contributed by atoms with Gasteiger partial charge in [-0.3, -0.25) is 4.79 Å². The van der Waals surface area contributed by atoms with Gasteiger partial charge in [0, 0.05) is 19.6 Å². The summed E-state index contributed by atoms with van der Waals surface area (Å²) < 4.78 is 0. The van der Waals surface area contributed by atoms with Crippen molar-refractivity contribution in [2.24, 2.45) is 5.92 Å². The Bertz CT molecular complexity index is 451. The number of carbonyl (C=O) groups is 1. The van der Waals surface area contributed by atoms with Gasteiger partial charge in [-0.05, 0) is 37.7 Å². The summed E-state index contributed by atoms with van der Waals surface area (Å²) in [4.78, 5) is 14.2. The van der Waals surface area contributed by atoms with Crippen LogP contribution in [0.3, 0.4) is 0 Å². The number of carbonyl (C=O) groups excluding carboxylic acids is 1. The molecule has 0 aliphatic carbocycles. The van der Waals surface area contributed by atoms with Crippen LogP contribution in [0.2, 0.25) is 0 Å². The lowest BCUT2D eigenvalue weighted by atomic mass is 10.1. The van der Waals surface area contributed by atoms with Crippen molar-refractivity contribution in [3.63, 3.8) is 0 Å². The van der Waals surface area contributed by atoms with Crippen molar-refractivity contribution in [3.05, 3.63) is 35.4 Å². The average molecular weight is 348 g/mol. The molecule has 0 aromatic heterocycles. The molecule has 4 nitrogen and oxygen atoms in total. The standard InChI is InChI=1S/C16H25N3O.2ClH/c1-3-19(2)12-14-6-4-5-13(9-14)10-18-16(20)15-7-8-17-11-15;;/h4-6,9,15,17H,3,7-8,10-12H2,1-2H3,(H,18,20);2*1H. The second-order valence-electron chi connectivity index (χ2n) is 5.56. The lowest BCUT2D eigenvalue weighted by molar-refractivity contribution is -0.124. The third-order valence-corrected chi connectivity index (χ3v) is 3.88. The zero-order valence-corrected chi connectivity index (χ0v) is 14.9. The van der Waals surface area contributed by atoms with Crippen molar-refractivity contribution in [1.82, 2.24) is 15.5 Å². The van der Waals surface area contributed by atoms with Crippen molar-refractivity contribution >= 4 is 30.7 Å². The molecule has 126 valence electrons. The lowest BCUT2D eigenvalue weighted by Crippen LogP contribution is -2.31. The van der Waals surface area contributed by atoms with Gasteiger partial charge >= 0.3 is 0 Å². The van der Waals surface area contributed by atoms with Crippen LogP contribution < -0.4 is 10.6 Å². The highest BCUT2D eigenvalue weighted by Gasteiger charge is 2.21. The number of rotatable bonds is 6. The first-order chi connectivity index (χ1) is 9.69.